The lowest BCUT2D eigenvalue weighted by Crippen LogP contribution is -2.53. The topological polar surface area (TPSA) is 53.1 Å². The second-order valence-electron chi connectivity index (χ2n) is 3.98. The van der Waals surface area contributed by atoms with Gasteiger partial charge in [0.1, 0.15) is 6.61 Å². The number of methoxy groups -OCH3 is 1. The number of nitrogens with zero attached hydrogens (tertiary/aromatic N) is 3. The van der Waals surface area contributed by atoms with E-state index in [2.05, 4.69) is 0 Å². The highest BCUT2D eigenvalue weighted by molar-refractivity contribution is 5.78. The fourth-order valence-corrected chi connectivity index (χ4v) is 1.64. The maximum absolute atomic E-state index is 11.6. The standard InChI is InChI=1S/C10H19N3O3/c1-11(2)10(15)13-6-4-12(5-7-13)9(14)8-16-3/h4-8H2,1-3H3. The highest BCUT2D eigenvalue weighted by Gasteiger charge is 2.24. The van der Waals surface area contributed by atoms with Gasteiger partial charge in [0.15, 0.2) is 0 Å². The maximum Gasteiger partial charge on any atom is 0.319 e. The van der Waals surface area contributed by atoms with Crippen molar-refractivity contribution in [2.45, 2.75) is 0 Å². The Hall–Kier alpha value is -1.30. The van der Waals surface area contributed by atoms with Gasteiger partial charge in [0.25, 0.3) is 0 Å². The van der Waals surface area contributed by atoms with Gasteiger partial charge in [-0.3, -0.25) is 4.79 Å². The molecule has 3 amide bonds. The van der Waals surface area contributed by atoms with Crippen LogP contribution in [0.2, 0.25) is 0 Å². The Morgan fingerprint density at radius 2 is 1.62 bits per heavy atom. The van der Waals surface area contributed by atoms with Crippen LogP contribution in [-0.4, -0.2) is 80.6 Å². The normalized spacial score (nSPS) is 16.2. The summed E-state index contributed by atoms with van der Waals surface area (Å²) in [6, 6.07) is -0.00107. The van der Waals surface area contributed by atoms with E-state index in [1.54, 1.807) is 28.8 Å². The molecule has 6 nitrogen and oxygen atoms in total. The number of urea groups is 1. The molecule has 0 aromatic rings. The molecular weight excluding hydrogens is 210 g/mol. The van der Waals surface area contributed by atoms with E-state index in [-0.39, 0.29) is 18.5 Å². The molecule has 0 N–H and O–H groups in total. The van der Waals surface area contributed by atoms with E-state index in [0.29, 0.717) is 26.2 Å². The zero-order chi connectivity index (χ0) is 12.1. The molecule has 0 aliphatic carbocycles. The third-order valence-electron chi connectivity index (χ3n) is 2.55. The van der Waals surface area contributed by atoms with Crippen LogP contribution in [0, 0.1) is 0 Å². The van der Waals surface area contributed by atoms with E-state index < -0.39 is 0 Å². The van der Waals surface area contributed by atoms with Crippen molar-refractivity contribution in [1.82, 2.24) is 14.7 Å². The second kappa shape index (κ2) is 5.69. The zero-order valence-electron chi connectivity index (χ0n) is 10.1. The number of piperazine rings is 1. The highest BCUT2D eigenvalue weighted by atomic mass is 16.5. The quantitative estimate of drug-likeness (QED) is 0.639. The Balaban J connectivity index is 2.39. The van der Waals surface area contributed by atoms with Crippen LogP contribution in [-0.2, 0) is 9.53 Å². The monoisotopic (exact) mass is 229 g/mol. The van der Waals surface area contributed by atoms with Crippen molar-refractivity contribution < 1.29 is 14.3 Å². The molecule has 0 atom stereocenters. The molecule has 0 unspecified atom stereocenters. The number of carbonyl (C=O) groups is 2. The van der Waals surface area contributed by atoms with Crippen LogP contribution < -0.4 is 0 Å². The van der Waals surface area contributed by atoms with Crippen LogP contribution in [0.3, 0.4) is 0 Å². The van der Waals surface area contributed by atoms with Crippen LogP contribution in [0.1, 0.15) is 0 Å². The minimum Gasteiger partial charge on any atom is -0.375 e. The summed E-state index contributed by atoms with van der Waals surface area (Å²) in [5.41, 5.74) is 0. The van der Waals surface area contributed by atoms with Crippen molar-refractivity contribution in [1.29, 1.82) is 0 Å². The number of ether oxygens (including phenoxy) is 1. The van der Waals surface area contributed by atoms with Crippen molar-refractivity contribution >= 4 is 11.9 Å². The van der Waals surface area contributed by atoms with Crippen molar-refractivity contribution in [3.63, 3.8) is 0 Å². The Labute approximate surface area is 95.7 Å². The van der Waals surface area contributed by atoms with Gasteiger partial charge in [0.2, 0.25) is 5.91 Å². The van der Waals surface area contributed by atoms with Crippen LogP contribution in [0.5, 0.6) is 0 Å². The van der Waals surface area contributed by atoms with Gasteiger partial charge >= 0.3 is 6.03 Å². The number of hydrogen-bond acceptors (Lipinski definition) is 3. The maximum atomic E-state index is 11.6. The van der Waals surface area contributed by atoms with Crippen molar-refractivity contribution in [2.75, 3.05) is 54.0 Å². The van der Waals surface area contributed by atoms with E-state index in [1.807, 2.05) is 0 Å². The van der Waals surface area contributed by atoms with Gasteiger partial charge in [-0.15, -0.1) is 0 Å². The third kappa shape index (κ3) is 3.10. The fraction of sp³-hybridized carbons (Fsp3) is 0.800. The molecule has 1 fully saturated rings. The van der Waals surface area contributed by atoms with Gasteiger partial charge in [-0.1, -0.05) is 0 Å². The van der Waals surface area contributed by atoms with E-state index in [0.717, 1.165) is 0 Å². The molecule has 1 rings (SSSR count). The summed E-state index contributed by atoms with van der Waals surface area (Å²) in [6.45, 7) is 2.46. The summed E-state index contributed by atoms with van der Waals surface area (Å²) in [5, 5.41) is 0. The summed E-state index contributed by atoms with van der Waals surface area (Å²) in [4.78, 5) is 28.1. The third-order valence-corrected chi connectivity index (χ3v) is 2.55. The number of amides is 3. The van der Waals surface area contributed by atoms with E-state index in [4.69, 9.17) is 4.74 Å². The average molecular weight is 229 g/mol. The first-order chi connectivity index (χ1) is 7.56. The molecule has 16 heavy (non-hydrogen) atoms. The van der Waals surface area contributed by atoms with Crippen LogP contribution >= 0.6 is 0 Å². The lowest BCUT2D eigenvalue weighted by molar-refractivity contribution is -0.136. The molecule has 0 aromatic carbocycles. The number of rotatable bonds is 2. The molecule has 6 heteroatoms. The average Bonchev–Trinajstić information content (AvgIpc) is 2.28. The van der Waals surface area contributed by atoms with Crippen molar-refractivity contribution in [2.24, 2.45) is 0 Å². The Morgan fingerprint density at radius 1 is 1.12 bits per heavy atom. The van der Waals surface area contributed by atoms with E-state index >= 15 is 0 Å². The Bertz CT molecular complexity index is 260. The highest BCUT2D eigenvalue weighted by Crippen LogP contribution is 2.04. The summed E-state index contributed by atoms with van der Waals surface area (Å²) in [6.07, 6.45) is 0. The minimum absolute atomic E-state index is 0.00107. The fourth-order valence-electron chi connectivity index (χ4n) is 1.64. The predicted octanol–water partition coefficient (Wildman–Crippen LogP) is -0.541. The van der Waals surface area contributed by atoms with Gasteiger partial charge in [-0.2, -0.15) is 0 Å². The smallest absolute Gasteiger partial charge is 0.319 e. The van der Waals surface area contributed by atoms with Crippen LogP contribution in [0.15, 0.2) is 0 Å². The molecule has 0 saturated carbocycles. The van der Waals surface area contributed by atoms with E-state index in [1.165, 1.54) is 7.11 Å². The molecule has 0 spiro atoms. The minimum atomic E-state index is -0.0144. The first kappa shape index (κ1) is 12.8. The van der Waals surface area contributed by atoms with Gasteiger partial charge in [-0.25, -0.2) is 4.79 Å². The SMILES string of the molecule is COCC(=O)N1CCN(C(=O)N(C)C)CC1. The summed E-state index contributed by atoms with van der Waals surface area (Å²) in [5.74, 6) is -0.0144. The Kier molecular flexibility index (Phi) is 4.54. The first-order valence-corrected chi connectivity index (χ1v) is 5.29. The van der Waals surface area contributed by atoms with Crippen LogP contribution in [0.25, 0.3) is 0 Å². The summed E-state index contributed by atoms with van der Waals surface area (Å²) < 4.78 is 4.79. The number of hydrogen-bond donors (Lipinski definition) is 0. The lowest BCUT2D eigenvalue weighted by atomic mass is 10.3. The molecule has 0 aromatic heterocycles. The van der Waals surface area contributed by atoms with Gasteiger partial charge in [0, 0.05) is 47.4 Å². The predicted molar refractivity (Wildman–Crippen MR) is 59.1 cm³/mol. The molecule has 0 radical (unpaired) electrons. The van der Waals surface area contributed by atoms with Crippen molar-refractivity contribution in [3.05, 3.63) is 0 Å². The van der Waals surface area contributed by atoms with Crippen molar-refractivity contribution in [3.8, 4) is 0 Å². The summed E-state index contributed by atoms with van der Waals surface area (Å²) >= 11 is 0. The molecule has 1 aliphatic rings. The second-order valence-corrected chi connectivity index (χ2v) is 3.98. The Morgan fingerprint density at radius 3 is 2.06 bits per heavy atom. The van der Waals surface area contributed by atoms with Crippen LogP contribution in [0.4, 0.5) is 4.79 Å². The molecule has 92 valence electrons. The summed E-state index contributed by atoms with van der Waals surface area (Å²) in [7, 11) is 4.96. The van der Waals surface area contributed by atoms with Gasteiger partial charge in [0.05, 0.1) is 0 Å². The number of carbonyl (C=O) groups excluding carboxylic acids is 2. The zero-order valence-corrected chi connectivity index (χ0v) is 10.1. The first-order valence-electron chi connectivity index (χ1n) is 5.29. The molecule has 1 saturated heterocycles. The van der Waals surface area contributed by atoms with E-state index in [9.17, 15) is 9.59 Å². The molecular formula is C10H19N3O3. The molecule has 0 bridgehead atoms. The largest absolute Gasteiger partial charge is 0.375 e. The molecule has 1 aliphatic heterocycles. The molecule has 1 heterocycles. The van der Waals surface area contributed by atoms with Gasteiger partial charge < -0.3 is 19.4 Å². The van der Waals surface area contributed by atoms with Gasteiger partial charge in [-0.05, 0) is 0 Å². The lowest BCUT2D eigenvalue weighted by Gasteiger charge is -2.35.